The highest BCUT2D eigenvalue weighted by molar-refractivity contribution is 5.89. The van der Waals surface area contributed by atoms with Crippen LogP contribution in [0, 0.1) is 5.92 Å². The number of benzene rings is 1. The predicted molar refractivity (Wildman–Crippen MR) is 69.0 cm³/mol. The molecule has 0 spiro atoms. The summed E-state index contributed by atoms with van der Waals surface area (Å²) >= 11 is 0. The zero-order chi connectivity index (χ0) is 15.6. The molecule has 1 atom stereocenters. The number of hydrogen-bond acceptors (Lipinski definition) is 2. The van der Waals surface area contributed by atoms with Crippen molar-refractivity contribution >= 4 is 11.8 Å². The topological polar surface area (TPSA) is 49.4 Å². The maximum atomic E-state index is 12.4. The molecule has 114 valence electrons. The molecule has 1 aromatic carbocycles. The minimum absolute atomic E-state index is 0.156. The van der Waals surface area contributed by atoms with Crippen LogP contribution in [0.4, 0.5) is 13.2 Å². The van der Waals surface area contributed by atoms with Gasteiger partial charge in [-0.15, -0.1) is 0 Å². The lowest BCUT2D eigenvalue weighted by Crippen LogP contribution is -2.33. The Morgan fingerprint density at radius 2 is 1.95 bits per heavy atom. The summed E-state index contributed by atoms with van der Waals surface area (Å²) in [5, 5.41) is 2.58. The molecule has 1 aliphatic heterocycles. The second-order valence-corrected chi connectivity index (χ2v) is 5.09. The van der Waals surface area contributed by atoms with E-state index in [2.05, 4.69) is 5.32 Å². The average Bonchev–Trinajstić information content (AvgIpc) is 2.84. The Balaban J connectivity index is 1.97. The first-order valence-corrected chi connectivity index (χ1v) is 6.45. The summed E-state index contributed by atoms with van der Waals surface area (Å²) in [4.78, 5) is 24.6. The van der Waals surface area contributed by atoms with Crippen LogP contribution in [0.1, 0.15) is 17.5 Å². The van der Waals surface area contributed by atoms with Crippen LogP contribution in [0.5, 0.6) is 0 Å². The molecule has 2 rings (SSSR count). The largest absolute Gasteiger partial charge is 0.416 e. The van der Waals surface area contributed by atoms with Gasteiger partial charge in [-0.05, 0) is 17.7 Å². The van der Waals surface area contributed by atoms with Crippen molar-refractivity contribution in [3.63, 3.8) is 0 Å². The Labute approximate surface area is 119 Å². The molecule has 2 amide bonds. The monoisotopic (exact) mass is 300 g/mol. The van der Waals surface area contributed by atoms with Gasteiger partial charge < -0.3 is 10.2 Å². The molecule has 1 N–H and O–H groups in total. The fourth-order valence-corrected chi connectivity index (χ4v) is 2.24. The van der Waals surface area contributed by atoms with E-state index in [1.807, 2.05) is 0 Å². The summed E-state index contributed by atoms with van der Waals surface area (Å²) in [6.07, 6.45) is -4.20. The summed E-state index contributed by atoms with van der Waals surface area (Å²) in [5.74, 6) is -0.735. The number of amides is 2. The minimum atomic E-state index is -4.36. The number of carbonyl (C=O) groups excluding carboxylic acids is 2. The number of alkyl halides is 3. The van der Waals surface area contributed by atoms with E-state index in [0.29, 0.717) is 12.1 Å². The van der Waals surface area contributed by atoms with Crippen LogP contribution in [0.3, 0.4) is 0 Å². The van der Waals surface area contributed by atoms with E-state index in [1.165, 1.54) is 17.0 Å². The van der Waals surface area contributed by atoms with Crippen LogP contribution in [0.2, 0.25) is 0 Å². The van der Waals surface area contributed by atoms with E-state index in [1.54, 1.807) is 7.05 Å². The lowest BCUT2D eigenvalue weighted by Gasteiger charge is -2.20. The molecule has 0 radical (unpaired) electrons. The molecule has 0 aromatic heterocycles. The van der Waals surface area contributed by atoms with E-state index in [9.17, 15) is 22.8 Å². The Morgan fingerprint density at radius 3 is 2.43 bits per heavy atom. The van der Waals surface area contributed by atoms with Crippen molar-refractivity contribution in [3.8, 4) is 0 Å². The third-order valence-corrected chi connectivity index (χ3v) is 3.40. The fourth-order valence-electron chi connectivity index (χ4n) is 2.24. The quantitative estimate of drug-likeness (QED) is 0.925. The smallest absolute Gasteiger partial charge is 0.355 e. The first kappa shape index (κ1) is 15.3. The summed E-state index contributed by atoms with van der Waals surface area (Å²) in [5.41, 5.74) is -0.109. The molecule has 1 heterocycles. The molecule has 1 unspecified atom stereocenters. The Bertz CT molecular complexity index is 540. The van der Waals surface area contributed by atoms with Gasteiger partial charge in [0.2, 0.25) is 11.8 Å². The van der Waals surface area contributed by atoms with Crippen molar-refractivity contribution in [2.24, 2.45) is 5.92 Å². The first-order valence-electron chi connectivity index (χ1n) is 6.45. The van der Waals surface area contributed by atoms with Crippen LogP contribution in [-0.2, 0) is 22.3 Å². The zero-order valence-electron chi connectivity index (χ0n) is 11.4. The van der Waals surface area contributed by atoms with Crippen LogP contribution < -0.4 is 5.32 Å². The van der Waals surface area contributed by atoms with Crippen LogP contribution in [-0.4, -0.2) is 30.3 Å². The zero-order valence-corrected chi connectivity index (χ0v) is 11.4. The normalized spacial score (nSPS) is 18.5. The molecule has 4 nitrogen and oxygen atoms in total. The maximum Gasteiger partial charge on any atom is 0.416 e. The summed E-state index contributed by atoms with van der Waals surface area (Å²) in [6.45, 7) is 0.524. The van der Waals surface area contributed by atoms with Gasteiger partial charge in [0, 0.05) is 26.6 Å². The summed E-state index contributed by atoms with van der Waals surface area (Å²) < 4.78 is 37.3. The standard InChI is InChI=1S/C14H15F3N2O2/c1-19(13(21)10-6-12(20)18-7-10)8-9-2-4-11(5-3-9)14(15,16)17/h2-5,10H,6-8H2,1H3,(H,18,20). The predicted octanol–water partition coefficient (Wildman–Crippen LogP) is 1.80. The number of hydrogen-bond donors (Lipinski definition) is 1. The SMILES string of the molecule is CN(Cc1ccc(C(F)(F)F)cc1)C(=O)C1CNC(=O)C1. The van der Waals surface area contributed by atoms with Crippen LogP contribution in [0.25, 0.3) is 0 Å². The highest BCUT2D eigenvalue weighted by Gasteiger charge is 2.31. The van der Waals surface area contributed by atoms with Gasteiger partial charge in [-0.1, -0.05) is 12.1 Å². The van der Waals surface area contributed by atoms with E-state index in [0.717, 1.165) is 12.1 Å². The van der Waals surface area contributed by atoms with Crippen molar-refractivity contribution in [1.82, 2.24) is 10.2 Å². The van der Waals surface area contributed by atoms with Gasteiger partial charge in [-0.3, -0.25) is 9.59 Å². The molecule has 1 fully saturated rings. The van der Waals surface area contributed by atoms with E-state index in [4.69, 9.17) is 0 Å². The van der Waals surface area contributed by atoms with Gasteiger partial charge >= 0.3 is 6.18 Å². The second kappa shape index (κ2) is 5.75. The third kappa shape index (κ3) is 3.74. The van der Waals surface area contributed by atoms with Gasteiger partial charge in [0.05, 0.1) is 11.5 Å². The van der Waals surface area contributed by atoms with Crippen molar-refractivity contribution in [3.05, 3.63) is 35.4 Å². The molecular weight excluding hydrogens is 285 g/mol. The molecule has 0 aliphatic carbocycles. The van der Waals surface area contributed by atoms with Gasteiger partial charge in [0.15, 0.2) is 0 Å². The van der Waals surface area contributed by atoms with Gasteiger partial charge in [0.25, 0.3) is 0 Å². The molecule has 1 aromatic rings. The molecule has 7 heteroatoms. The summed E-state index contributed by atoms with van der Waals surface area (Å²) in [6, 6.07) is 4.69. The third-order valence-electron chi connectivity index (χ3n) is 3.40. The molecule has 21 heavy (non-hydrogen) atoms. The highest BCUT2D eigenvalue weighted by atomic mass is 19.4. The number of halogens is 3. The molecular formula is C14H15F3N2O2. The molecule has 1 aliphatic rings. The Kier molecular flexibility index (Phi) is 4.20. The van der Waals surface area contributed by atoms with Gasteiger partial charge in [-0.25, -0.2) is 0 Å². The minimum Gasteiger partial charge on any atom is -0.355 e. The molecule has 0 bridgehead atoms. The number of nitrogens with one attached hydrogen (secondary N) is 1. The first-order chi connectivity index (χ1) is 9.77. The summed E-state index contributed by atoms with van der Waals surface area (Å²) in [7, 11) is 1.57. The number of carbonyl (C=O) groups is 2. The van der Waals surface area contributed by atoms with Crippen LogP contribution in [0.15, 0.2) is 24.3 Å². The number of rotatable bonds is 3. The fraction of sp³-hybridized carbons (Fsp3) is 0.429. The van der Waals surface area contributed by atoms with E-state index < -0.39 is 17.7 Å². The van der Waals surface area contributed by atoms with Crippen molar-refractivity contribution in [2.75, 3.05) is 13.6 Å². The Morgan fingerprint density at radius 1 is 1.33 bits per heavy atom. The van der Waals surface area contributed by atoms with E-state index in [-0.39, 0.29) is 24.8 Å². The maximum absolute atomic E-state index is 12.4. The van der Waals surface area contributed by atoms with Crippen LogP contribution >= 0.6 is 0 Å². The molecule has 0 saturated carbocycles. The highest BCUT2D eigenvalue weighted by Crippen LogP contribution is 2.29. The van der Waals surface area contributed by atoms with Gasteiger partial charge in [-0.2, -0.15) is 13.2 Å². The number of nitrogens with zero attached hydrogens (tertiary/aromatic N) is 1. The van der Waals surface area contributed by atoms with Gasteiger partial charge in [0.1, 0.15) is 0 Å². The molecule has 1 saturated heterocycles. The van der Waals surface area contributed by atoms with Crippen molar-refractivity contribution in [1.29, 1.82) is 0 Å². The Hall–Kier alpha value is -2.05. The lowest BCUT2D eigenvalue weighted by molar-refractivity contribution is -0.137. The average molecular weight is 300 g/mol. The van der Waals surface area contributed by atoms with Crippen molar-refractivity contribution in [2.45, 2.75) is 19.1 Å². The second-order valence-electron chi connectivity index (χ2n) is 5.09. The van der Waals surface area contributed by atoms with Crippen molar-refractivity contribution < 1.29 is 22.8 Å². The lowest BCUT2D eigenvalue weighted by atomic mass is 10.1. The van der Waals surface area contributed by atoms with E-state index >= 15 is 0 Å².